The van der Waals surface area contributed by atoms with E-state index >= 15 is 0 Å². The van der Waals surface area contributed by atoms with Gasteiger partial charge in [0.15, 0.2) is 11.5 Å². The molecule has 20 heavy (non-hydrogen) atoms. The number of aromatic nitrogens is 2. The molecule has 1 aliphatic rings. The molecular weight excluding hydrogens is 265 g/mol. The van der Waals surface area contributed by atoms with Crippen LogP contribution in [0.2, 0.25) is 0 Å². The first-order chi connectivity index (χ1) is 9.69. The smallest absolute Gasteiger partial charge is 0.240 e. The van der Waals surface area contributed by atoms with Crippen LogP contribution in [-0.4, -0.2) is 23.4 Å². The number of halogens is 1. The van der Waals surface area contributed by atoms with E-state index < -0.39 is 6.17 Å². The van der Waals surface area contributed by atoms with Crippen LogP contribution in [0.5, 0.6) is 11.5 Å². The fraction of sp³-hybridized carbons (Fsp3) is 0.385. The van der Waals surface area contributed by atoms with Crippen LogP contribution in [0.3, 0.4) is 0 Å². The fourth-order valence-electron chi connectivity index (χ4n) is 2.07. The van der Waals surface area contributed by atoms with E-state index in [9.17, 15) is 4.39 Å². The lowest BCUT2D eigenvalue weighted by Crippen LogP contribution is -2.16. The second-order valence-corrected chi connectivity index (χ2v) is 4.41. The van der Waals surface area contributed by atoms with Crippen molar-refractivity contribution in [3.05, 3.63) is 23.6 Å². The third kappa shape index (κ3) is 2.20. The minimum absolute atomic E-state index is 0.137. The van der Waals surface area contributed by atoms with Crippen LogP contribution in [0.15, 0.2) is 16.7 Å². The van der Waals surface area contributed by atoms with Crippen molar-refractivity contribution in [2.24, 2.45) is 5.73 Å². The van der Waals surface area contributed by atoms with E-state index in [0.717, 1.165) is 0 Å². The van der Waals surface area contributed by atoms with Crippen LogP contribution in [-0.2, 0) is 6.54 Å². The molecule has 3 rings (SSSR count). The van der Waals surface area contributed by atoms with Gasteiger partial charge in [0, 0.05) is 11.1 Å². The molecule has 0 fully saturated rings. The number of nitrogens with zero attached hydrogens (tertiary/aromatic N) is 2. The summed E-state index contributed by atoms with van der Waals surface area (Å²) >= 11 is 0. The number of rotatable bonds is 3. The highest BCUT2D eigenvalue weighted by Crippen LogP contribution is 2.39. The minimum Gasteiger partial charge on any atom is -0.486 e. The molecule has 0 bridgehead atoms. The summed E-state index contributed by atoms with van der Waals surface area (Å²) in [4.78, 5) is 4.13. The lowest BCUT2D eigenvalue weighted by Gasteiger charge is -2.20. The van der Waals surface area contributed by atoms with Crippen LogP contribution >= 0.6 is 0 Å². The first-order valence-electron chi connectivity index (χ1n) is 6.29. The Kier molecular flexibility index (Phi) is 3.27. The molecule has 7 heteroatoms. The predicted octanol–water partition coefficient (Wildman–Crippen LogP) is 2.00. The Labute approximate surface area is 114 Å². The molecule has 2 N–H and O–H groups in total. The largest absolute Gasteiger partial charge is 0.486 e. The van der Waals surface area contributed by atoms with Gasteiger partial charge in [-0.05, 0) is 19.1 Å². The summed E-state index contributed by atoms with van der Waals surface area (Å²) < 4.78 is 29.7. The molecule has 1 aliphatic heterocycles. The van der Waals surface area contributed by atoms with Gasteiger partial charge in [-0.1, -0.05) is 5.16 Å². The molecule has 6 nitrogen and oxygen atoms in total. The molecule has 1 atom stereocenters. The van der Waals surface area contributed by atoms with Gasteiger partial charge in [-0.25, -0.2) is 4.39 Å². The Morgan fingerprint density at radius 1 is 1.30 bits per heavy atom. The molecule has 0 radical (unpaired) electrons. The molecule has 2 aromatic rings. The standard InChI is InChI=1S/C13H14FN3O3/c1-7(14)8-4-10-11(19-3-2-18-10)5-9(8)13-16-12(6-15)20-17-13/h4-5,7H,2-3,6,15H2,1H3. The van der Waals surface area contributed by atoms with Gasteiger partial charge >= 0.3 is 0 Å². The van der Waals surface area contributed by atoms with E-state index in [1.54, 1.807) is 12.1 Å². The van der Waals surface area contributed by atoms with E-state index in [2.05, 4.69) is 10.1 Å². The minimum atomic E-state index is -1.19. The van der Waals surface area contributed by atoms with E-state index in [1.807, 2.05) is 0 Å². The van der Waals surface area contributed by atoms with E-state index in [-0.39, 0.29) is 6.54 Å². The van der Waals surface area contributed by atoms with Gasteiger partial charge < -0.3 is 19.7 Å². The first kappa shape index (κ1) is 12.9. The van der Waals surface area contributed by atoms with E-state index in [4.69, 9.17) is 19.7 Å². The molecule has 106 valence electrons. The van der Waals surface area contributed by atoms with Crippen molar-refractivity contribution in [1.29, 1.82) is 0 Å². The summed E-state index contributed by atoms with van der Waals surface area (Å²) in [6.07, 6.45) is -1.19. The Morgan fingerprint density at radius 3 is 2.60 bits per heavy atom. The maximum absolute atomic E-state index is 13.8. The number of benzene rings is 1. The first-order valence-corrected chi connectivity index (χ1v) is 6.29. The Balaban J connectivity index is 2.12. The highest BCUT2D eigenvalue weighted by Gasteiger charge is 2.22. The van der Waals surface area contributed by atoms with Gasteiger partial charge in [0.1, 0.15) is 19.4 Å². The quantitative estimate of drug-likeness (QED) is 0.925. The Morgan fingerprint density at radius 2 is 2.00 bits per heavy atom. The number of ether oxygens (including phenoxy) is 2. The van der Waals surface area contributed by atoms with Gasteiger partial charge in [-0.15, -0.1) is 0 Å². The second kappa shape index (κ2) is 5.09. The Hall–Kier alpha value is -2.15. The highest BCUT2D eigenvalue weighted by molar-refractivity contribution is 5.66. The van der Waals surface area contributed by atoms with E-state index in [1.165, 1.54) is 6.92 Å². The molecular formula is C13H14FN3O3. The van der Waals surface area contributed by atoms with Crippen molar-refractivity contribution in [2.45, 2.75) is 19.6 Å². The summed E-state index contributed by atoms with van der Waals surface area (Å²) in [5.41, 5.74) is 6.39. The van der Waals surface area contributed by atoms with Crippen LogP contribution < -0.4 is 15.2 Å². The number of fused-ring (bicyclic) bond motifs is 1. The summed E-state index contributed by atoms with van der Waals surface area (Å²) in [5, 5.41) is 3.82. The molecule has 0 spiro atoms. The normalized spacial score (nSPS) is 15.2. The fourth-order valence-corrected chi connectivity index (χ4v) is 2.07. The number of alkyl halides is 1. The number of hydrogen-bond acceptors (Lipinski definition) is 6. The molecule has 0 amide bonds. The third-order valence-corrected chi connectivity index (χ3v) is 3.03. The molecule has 0 saturated carbocycles. The number of hydrogen-bond donors (Lipinski definition) is 1. The van der Waals surface area contributed by atoms with Gasteiger partial charge in [-0.2, -0.15) is 4.98 Å². The molecule has 0 aliphatic carbocycles. The zero-order valence-electron chi connectivity index (χ0n) is 10.9. The average molecular weight is 279 g/mol. The lowest BCUT2D eigenvalue weighted by atomic mass is 10.0. The zero-order chi connectivity index (χ0) is 14.1. The maximum Gasteiger partial charge on any atom is 0.240 e. The molecule has 0 saturated heterocycles. The SMILES string of the molecule is CC(F)c1cc2c(cc1-c1noc(CN)n1)OCCO2. The van der Waals surface area contributed by atoms with Crippen LogP contribution in [0, 0.1) is 0 Å². The topological polar surface area (TPSA) is 83.4 Å². The predicted molar refractivity (Wildman–Crippen MR) is 68.1 cm³/mol. The van der Waals surface area contributed by atoms with Crippen molar-refractivity contribution in [3.8, 4) is 22.9 Å². The Bertz CT molecular complexity index is 627. The summed E-state index contributed by atoms with van der Waals surface area (Å²) in [7, 11) is 0. The summed E-state index contributed by atoms with van der Waals surface area (Å²) in [6, 6.07) is 3.29. The summed E-state index contributed by atoms with van der Waals surface area (Å²) in [6.45, 7) is 2.49. The average Bonchev–Trinajstić information content (AvgIpc) is 2.94. The van der Waals surface area contributed by atoms with Crippen molar-refractivity contribution < 1.29 is 18.4 Å². The van der Waals surface area contributed by atoms with Crippen LogP contribution in [0.4, 0.5) is 4.39 Å². The molecule has 1 aromatic heterocycles. The van der Waals surface area contributed by atoms with Gasteiger partial charge in [-0.3, -0.25) is 0 Å². The third-order valence-electron chi connectivity index (χ3n) is 3.03. The van der Waals surface area contributed by atoms with Crippen LogP contribution in [0.1, 0.15) is 24.5 Å². The monoisotopic (exact) mass is 279 g/mol. The van der Waals surface area contributed by atoms with E-state index in [0.29, 0.717) is 47.6 Å². The molecule has 1 unspecified atom stereocenters. The van der Waals surface area contributed by atoms with Crippen molar-refractivity contribution in [1.82, 2.24) is 10.1 Å². The van der Waals surface area contributed by atoms with Gasteiger partial charge in [0.05, 0.1) is 6.54 Å². The van der Waals surface area contributed by atoms with Gasteiger partial charge in [0.25, 0.3) is 0 Å². The van der Waals surface area contributed by atoms with Crippen LogP contribution in [0.25, 0.3) is 11.4 Å². The van der Waals surface area contributed by atoms with Gasteiger partial charge in [0.2, 0.25) is 11.7 Å². The lowest BCUT2D eigenvalue weighted by molar-refractivity contribution is 0.171. The van der Waals surface area contributed by atoms with Crippen molar-refractivity contribution in [2.75, 3.05) is 13.2 Å². The number of nitrogens with two attached hydrogens (primary N) is 1. The van der Waals surface area contributed by atoms with Crippen molar-refractivity contribution >= 4 is 0 Å². The zero-order valence-corrected chi connectivity index (χ0v) is 10.9. The maximum atomic E-state index is 13.8. The molecule has 2 heterocycles. The second-order valence-electron chi connectivity index (χ2n) is 4.41. The van der Waals surface area contributed by atoms with Crippen molar-refractivity contribution in [3.63, 3.8) is 0 Å². The molecule has 1 aromatic carbocycles. The summed E-state index contributed by atoms with van der Waals surface area (Å²) in [5.74, 6) is 1.67. The highest BCUT2D eigenvalue weighted by atomic mass is 19.1.